The fraction of sp³-hybridized carbons (Fsp3) is 0.522. The summed E-state index contributed by atoms with van der Waals surface area (Å²) in [5.74, 6) is 0. The summed E-state index contributed by atoms with van der Waals surface area (Å²) >= 11 is 0. The lowest BCUT2D eigenvalue weighted by Gasteiger charge is -2.30. The van der Waals surface area contributed by atoms with Gasteiger partial charge in [0.05, 0.1) is 0 Å². The molecule has 1 aromatic carbocycles. The minimum atomic E-state index is -0.640. The van der Waals surface area contributed by atoms with Gasteiger partial charge in [-0.25, -0.2) is 0 Å². The molecule has 2 unspecified atom stereocenters. The smallest absolute Gasteiger partial charge is 0.101 e. The summed E-state index contributed by atoms with van der Waals surface area (Å²) in [6.07, 6.45) is 29.6. The maximum absolute atomic E-state index is 11.0. The van der Waals surface area contributed by atoms with Gasteiger partial charge in [0.25, 0.3) is 0 Å². The van der Waals surface area contributed by atoms with Gasteiger partial charge in [-0.05, 0) is 168 Å². The number of benzene rings is 1. The van der Waals surface area contributed by atoms with E-state index in [1.165, 1.54) is 51.9 Å². The zero-order chi connectivity index (χ0) is 35.5. The summed E-state index contributed by atoms with van der Waals surface area (Å²) in [7, 11) is 0. The Morgan fingerprint density at radius 2 is 0.792 bits per heavy atom. The van der Waals surface area contributed by atoms with E-state index in [4.69, 9.17) is 0 Å². The van der Waals surface area contributed by atoms with Crippen molar-refractivity contribution in [2.45, 2.75) is 158 Å². The third-order valence-corrected chi connectivity index (χ3v) is 9.75. The molecule has 2 heteroatoms. The van der Waals surface area contributed by atoms with Crippen molar-refractivity contribution >= 4 is 0 Å². The number of hydrogen-bond acceptors (Lipinski definition) is 2. The minimum Gasteiger partial charge on any atom is -0.384 e. The summed E-state index contributed by atoms with van der Waals surface area (Å²) in [5.41, 5.74) is 13.7. The van der Waals surface area contributed by atoms with E-state index in [1.54, 1.807) is 0 Å². The van der Waals surface area contributed by atoms with E-state index in [0.717, 1.165) is 86.5 Å². The lowest BCUT2D eigenvalue weighted by Crippen LogP contribution is -2.17. The zero-order valence-electron chi connectivity index (χ0n) is 32.1. The first-order valence-electron chi connectivity index (χ1n) is 18.6. The van der Waals surface area contributed by atoms with Crippen molar-refractivity contribution in [2.24, 2.45) is 0 Å². The predicted octanol–water partition coefficient (Wildman–Crippen LogP) is 13.8. The summed E-state index contributed by atoms with van der Waals surface area (Å²) in [6.45, 7) is 19.8. The highest BCUT2D eigenvalue weighted by Gasteiger charge is 2.29. The first kappa shape index (κ1) is 41.2. The molecule has 0 aliphatic heterocycles. The van der Waals surface area contributed by atoms with Crippen LogP contribution in [0.5, 0.6) is 0 Å². The van der Waals surface area contributed by atoms with Crippen molar-refractivity contribution in [2.75, 3.05) is 0 Å². The van der Waals surface area contributed by atoms with E-state index >= 15 is 0 Å². The van der Waals surface area contributed by atoms with E-state index in [2.05, 4.69) is 97.9 Å². The Bertz CT molecular complexity index is 1400. The van der Waals surface area contributed by atoms with Crippen LogP contribution >= 0.6 is 0 Å². The molecule has 2 rings (SSSR count). The Hall–Kier alpha value is -2.94. The third-order valence-electron chi connectivity index (χ3n) is 9.75. The molecule has 48 heavy (non-hydrogen) atoms. The van der Waals surface area contributed by atoms with Gasteiger partial charge in [-0.1, -0.05) is 106 Å². The molecule has 2 nitrogen and oxygen atoms in total. The van der Waals surface area contributed by atoms with Crippen molar-refractivity contribution in [1.29, 1.82) is 0 Å². The molecular weight excluding hydrogens is 585 g/mol. The molecule has 2 N–H and O–H groups in total. The molecule has 0 saturated carbocycles. The monoisotopic (exact) mass is 653 g/mol. The molecule has 0 spiro atoms. The van der Waals surface area contributed by atoms with Gasteiger partial charge < -0.3 is 10.2 Å². The quantitative estimate of drug-likeness (QED) is 0.138. The van der Waals surface area contributed by atoms with E-state index in [9.17, 15) is 10.2 Å². The van der Waals surface area contributed by atoms with Crippen LogP contribution in [0, 0.1) is 0 Å². The minimum absolute atomic E-state index is 0.630. The molecule has 0 saturated heterocycles. The van der Waals surface area contributed by atoms with Crippen LogP contribution in [-0.4, -0.2) is 10.2 Å². The van der Waals surface area contributed by atoms with Crippen LogP contribution in [0.1, 0.15) is 169 Å². The SMILES string of the molecule is CC(C)=CCC/C(C)=C/CC/C(C)=C/CC/C(C)=C/CC/C(C)=C/CC/C(C)=C/CC/C(C)=C/CC1=C(C)C(O)c2ccccc2C1O. The van der Waals surface area contributed by atoms with Crippen LogP contribution in [0.4, 0.5) is 0 Å². The number of allylic oxidation sites excluding steroid dienone is 14. The van der Waals surface area contributed by atoms with Crippen molar-refractivity contribution in [3.8, 4) is 0 Å². The topological polar surface area (TPSA) is 40.5 Å². The molecule has 264 valence electrons. The first-order chi connectivity index (χ1) is 22.9. The average Bonchev–Trinajstić information content (AvgIpc) is 3.03. The van der Waals surface area contributed by atoms with Crippen molar-refractivity contribution in [1.82, 2.24) is 0 Å². The summed E-state index contributed by atoms with van der Waals surface area (Å²) < 4.78 is 0. The summed E-state index contributed by atoms with van der Waals surface area (Å²) in [4.78, 5) is 0. The van der Waals surface area contributed by atoms with Crippen LogP contribution in [0.25, 0.3) is 0 Å². The van der Waals surface area contributed by atoms with Crippen molar-refractivity contribution in [3.05, 3.63) is 128 Å². The highest BCUT2D eigenvalue weighted by atomic mass is 16.3. The van der Waals surface area contributed by atoms with Gasteiger partial charge in [0.2, 0.25) is 0 Å². The maximum atomic E-state index is 11.0. The van der Waals surface area contributed by atoms with Crippen LogP contribution < -0.4 is 0 Å². The molecule has 0 bridgehead atoms. The Morgan fingerprint density at radius 1 is 0.479 bits per heavy atom. The molecule has 0 amide bonds. The Morgan fingerprint density at radius 3 is 1.15 bits per heavy atom. The number of aliphatic hydroxyl groups is 2. The average molecular weight is 653 g/mol. The number of rotatable bonds is 20. The number of aliphatic hydroxyl groups excluding tert-OH is 2. The van der Waals surface area contributed by atoms with Crippen LogP contribution in [-0.2, 0) is 0 Å². The van der Waals surface area contributed by atoms with E-state index in [0.29, 0.717) is 6.42 Å². The van der Waals surface area contributed by atoms with Gasteiger partial charge in [0.15, 0.2) is 0 Å². The molecule has 2 atom stereocenters. The van der Waals surface area contributed by atoms with Gasteiger partial charge in [-0.3, -0.25) is 0 Å². The lowest BCUT2D eigenvalue weighted by molar-refractivity contribution is 0.167. The Balaban J connectivity index is 1.65. The standard InChI is InChI=1S/C46H68O2/c1-34(2)18-12-19-35(3)20-13-21-36(4)22-14-23-37(5)24-15-25-38(6)26-16-27-39(7)28-17-29-40(8)32-33-42-41(9)45(47)43-30-10-11-31-44(43)46(42)48/h10-11,18,20,22,24,26,28,30-32,45-48H,12-17,19,21,23,25,27,29,33H2,1-9H3/b35-20+,36-22+,37-24+,38-26+,39-28+,40-32+. The van der Waals surface area contributed by atoms with Gasteiger partial charge in [-0.15, -0.1) is 0 Å². The lowest BCUT2D eigenvalue weighted by atomic mass is 9.81. The molecule has 1 aliphatic carbocycles. The van der Waals surface area contributed by atoms with Gasteiger partial charge >= 0.3 is 0 Å². The molecular formula is C46H68O2. The fourth-order valence-corrected chi connectivity index (χ4v) is 6.31. The molecule has 0 aromatic heterocycles. The molecule has 0 radical (unpaired) electrons. The Kier molecular flexibility index (Phi) is 19.5. The molecule has 1 aromatic rings. The van der Waals surface area contributed by atoms with Crippen LogP contribution in [0.2, 0.25) is 0 Å². The highest BCUT2D eigenvalue weighted by molar-refractivity contribution is 5.45. The van der Waals surface area contributed by atoms with Gasteiger partial charge in [-0.2, -0.15) is 0 Å². The molecule has 0 fully saturated rings. The van der Waals surface area contributed by atoms with E-state index in [1.807, 2.05) is 31.2 Å². The third kappa shape index (κ3) is 16.0. The second kappa shape index (κ2) is 22.6. The first-order valence-corrected chi connectivity index (χ1v) is 18.6. The summed E-state index contributed by atoms with van der Waals surface area (Å²) in [6, 6.07) is 7.68. The number of fused-ring (bicyclic) bond motifs is 1. The van der Waals surface area contributed by atoms with Gasteiger partial charge in [0, 0.05) is 0 Å². The second-order valence-corrected chi connectivity index (χ2v) is 14.7. The van der Waals surface area contributed by atoms with Crippen LogP contribution in [0.15, 0.2) is 117 Å². The molecule has 1 aliphatic rings. The Labute approximate surface area is 295 Å². The normalized spacial score (nSPS) is 18.4. The predicted molar refractivity (Wildman–Crippen MR) is 211 cm³/mol. The van der Waals surface area contributed by atoms with Crippen molar-refractivity contribution in [3.63, 3.8) is 0 Å². The largest absolute Gasteiger partial charge is 0.384 e. The number of hydrogen-bond donors (Lipinski definition) is 2. The van der Waals surface area contributed by atoms with Crippen molar-refractivity contribution < 1.29 is 10.2 Å². The zero-order valence-corrected chi connectivity index (χ0v) is 32.1. The fourth-order valence-electron chi connectivity index (χ4n) is 6.31. The van der Waals surface area contributed by atoms with E-state index < -0.39 is 12.2 Å². The molecule has 0 heterocycles. The summed E-state index contributed by atoms with van der Waals surface area (Å²) in [5, 5.41) is 21.7. The van der Waals surface area contributed by atoms with Crippen LogP contribution in [0.3, 0.4) is 0 Å². The maximum Gasteiger partial charge on any atom is 0.101 e. The second-order valence-electron chi connectivity index (χ2n) is 14.7. The highest BCUT2D eigenvalue weighted by Crippen LogP contribution is 2.41. The van der Waals surface area contributed by atoms with E-state index in [-0.39, 0.29) is 0 Å². The van der Waals surface area contributed by atoms with Gasteiger partial charge in [0.1, 0.15) is 12.2 Å².